The van der Waals surface area contributed by atoms with Crippen LogP contribution in [0.15, 0.2) is 18.2 Å². The molecular weight excluding hydrogens is 310 g/mol. The van der Waals surface area contributed by atoms with Crippen molar-refractivity contribution >= 4 is 10.9 Å². The lowest BCUT2D eigenvalue weighted by Crippen LogP contribution is -2.53. The number of likely N-dealkylation sites (tertiary alicyclic amines) is 2. The second-order valence-corrected chi connectivity index (χ2v) is 8.24. The predicted molar refractivity (Wildman–Crippen MR) is 103 cm³/mol. The molecule has 0 saturated carbocycles. The first-order valence-electron chi connectivity index (χ1n) is 9.78. The zero-order valence-electron chi connectivity index (χ0n) is 15.6. The third kappa shape index (κ3) is 3.48. The number of aromatic amines is 1. The summed E-state index contributed by atoms with van der Waals surface area (Å²) in [4.78, 5) is 8.46. The Hall–Kier alpha value is -1.36. The van der Waals surface area contributed by atoms with E-state index in [1.807, 2.05) is 0 Å². The van der Waals surface area contributed by atoms with Gasteiger partial charge in [-0.3, -0.25) is 4.90 Å². The second kappa shape index (κ2) is 6.75. The van der Waals surface area contributed by atoms with Gasteiger partial charge in [0.15, 0.2) is 0 Å². The Morgan fingerprint density at radius 1 is 1.08 bits per heavy atom. The molecule has 1 atom stereocenters. The van der Waals surface area contributed by atoms with Crippen molar-refractivity contribution < 1.29 is 5.11 Å². The molecule has 136 valence electrons. The van der Waals surface area contributed by atoms with E-state index in [0.717, 1.165) is 52.1 Å². The Balaban J connectivity index is 1.50. The number of fused-ring (bicyclic) bond motifs is 1. The van der Waals surface area contributed by atoms with Crippen LogP contribution in [0.5, 0.6) is 0 Å². The molecule has 0 aliphatic carbocycles. The number of H-pyrrole nitrogens is 1. The molecule has 0 bridgehead atoms. The van der Waals surface area contributed by atoms with E-state index in [0.29, 0.717) is 0 Å². The van der Waals surface area contributed by atoms with Crippen LogP contribution in [0.3, 0.4) is 0 Å². The maximum absolute atomic E-state index is 11.2. The number of hydrogen-bond acceptors (Lipinski definition) is 3. The largest absolute Gasteiger partial charge is 0.387 e. The summed E-state index contributed by atoms with van der Waals surface area (Å²) in [5, 5.41) is 12.5. The molecule has 4 nitrogen and oxygen atoms in total. The van der Waals surface area contributed by atoms with Gasteiger partial charge in [-0.05, 0) is 70.3 Å². The minimum Gasteiger partial charge on any atom is -0.387 e. The molecule has 4 rings (SSSR count). The number of hydrogen-bond donors (Lipinski definition) is 2. The maximum atomic E-state index is 11.2. The predicted octanol–water partition coefficient (Wildman–Crippen LogP) is 3.21. The Labute approximate surface area is 150 Å². The summed E-state index contributed by atoms with van der Waals surface area (Å²) in [5.41, 5.74) is 4.68. The minimum absolute atomic E-state index is 0.544. The number of para-hydroxylation sites is 1. The molecule has 0 radical (unpaired) electrons. The number of aryl methyl sites for hydroxylation is 2. The topological polar surface area (TPSA) is 42.5 Å². The van der Waals surface area contributed by atoms with Gasteiger partial charge in [-0.25, -0.2) is 0 Å². The summed E-state index contributed by atoms with van der Waals surface area (Å²) in [7, 11) is 0. The molecule has 2 aromatic rings. The summed E-state index contributed by atoms with van der Waals surface area (Å²) in [6.45, 7) is 10.3. The van der Waals surface area contributed by atoms with Crippen LogP contribution in [-0.4, -0.2) is 58.2 Å². The number of nitrogens with one attached hydrogen (secondary N) is 1. The number of aliphatic hydroxyl groups is 1. The summed E-state index contributed by atoms with van der Waals surface area (Å²) in [5.74, 6) is 0. The van der Waals surface area contributed by atoms with E-state index in [1.165, 1.54) is 40.6 Å². The minimum atomic E-state index is -0.544. The van der Waals surface area contributed by atoms with E-state index in [1.54, 1.807) is 0 Å². The zero-order valence-corrected chi connectivity index (χ0v) is 15.6. The van der Waals surface area contributed by atoms with Gasteiger partial charge >= 0.3 is 0 Å². The molecule has 2 aliphatic rings. The van der Waals surface area contributed by atoms with Crippen LogP contribution in [0, 0.1) is 13.8 Å². The lowest BCUT2D eigenvalue weighted by atomic mass is 9.91. The summed E-state index contributed by atoms with van der Waals surface area (Å²) in [6.07, 6.45) is 4.59. The fourth-order valence-electron chi connectivity index (χ4n) is 4.74. The molecule has 2 N–H and O–H groups in total. The number of β-amino-alcohol motifs (C(OH)–C–C–N with tert-alkyl or cyclic N) is 1. The first-order chi connectivity index (χ1) is 12.0. The summed E-state index contributed by atoms with van der Waals surface area (Å²) < 4.78 is 0. The SMILES string of the molecule is Cc1[nH]c2c(CN3CCC[C@](O)(CN4CCCC4)C3)cccc2c1C. The van der Waals surface area contributed by atoms with E-state index < -0.39 is 5.60 Å². The normalized spacial score (nSPS) is 25.9. The van der Waals surface area contributed by atoms with E-state index >= 15 is 0 Å². The quantitative estimate of drug-likeness (QED) is 0.897. The van der Waals surface area contributed by atoms with Crippen LogP contribution in [0.25, 0.3) is 10.9 Å². The van der Waals surface area contributed by atoms with E-state index in [-0.39, 0.29) is 0 Å². The molecule has 2 saturated heterocycles. The van der Waals surface area contributed by atoms with E-state index in [9.17, 15) is 5.11 Å². The average Bonchev–Trinajstić information content (AvgIpc) is 3.17. The Bertz CT molecular complexity index is 747. The van der Waals surface area contributed by atoms with Gasteiger partial charge in [0.2, 0.25) is 0 Å². The lowest BCUT2D eigenvalue weighted by Gasteiger charge is -2.41. The molecule has 1 aromatic heterocycles. The number of rotatable bonds is 4. The Morgan fingerprint density at radius 2 is 1.84 bits per heavy atom. The van der Waals surface area contributed by atoms with Gasteiger partial charge in [0.1, 0.15) is 0 Å². The highest BCUT2D eigenvalue weighted by Crippen LogP contribution is 2.28. The van der Waals surface area contributed by atoms with Crippen molar-refractivity contribution in [2.24, 2.45) is 0 Å². The fraction of sp³-hybridized carbons (Fsp3) is 0.619. The highest BCUT2D eigenvalue weighted by Gasteiger charge is 2.35. The number of benzene rings is 1. The molecule has 0 amide bonds. The van der Waals surface area contributed by atoms with Crippen molar-refractivity contribution in [3.8, 4) is 0 Å². The van der Waals surface area contributed by atoms with Crippen LogP contribution >= 0.6 is 0 Å². The zero-order chi connectivity index (χ0) is 17.4. The second-order valence-electron chi connectivity index (χ2n) is 8.24. The van der Waals surface area contributed by atoms with Gasteiger partial charge in [-0.1, -0.05) is 18.2 Å². The van der Waals surface area contributed by atoms with Gasteiger partial charge in [-0.15, -0.1) is 0 Å². The van der Waals surface area contributed by atoms with Crippen molar-refractivity contribution in [3.63, 3.8) is 0 Å². The third-order valence-corrected chi connectivity index (χ3v) is 6.17. The number of aromatic nitrogens is 1. The average molecular weight is 341 g/mol. The molecular formula is C21H31N3O. The number of nitrogens with zero attached hydrogens (tertiary/aromatic N) is 2. The van der Waals surface area contributed by atoms with Gasteiger partial charge in [-0.2, -0.15) is 0 Å². The maximum Gasteiger partial charge on any atom is 0.0900 e. The highest BCUT2D eigenvalue weighted by molar-refractivity contribution is 5.87. The van der Waals surface area contributed by atoms with E-state index in [2.05, 4.69) is 46.8 Å². The van der Waals surface area contributed by atoms with Crippen LogP contribution in [0.4, 0.5) is 0 Å². The number of piperidine rings is 1. The molecule has 25 heavy (non-hydrogen) atoms. The van der Waals surface area contributed by atoms with E-state index in [4.69, 9.17) is 0 Å². The van der Waals surface area contributed by atoms with Gasteiger partial charge in [0, 0.05) is 30.7 Å². The van der Waals surface area contributed by atoms with Crippen LogP contribution in [-0.2, 0) is 6.54 Å². The van der Waals surface area contributed by atoms with Crippen molar-refractivity contribution in [2.45, 2.75) is 51.7 Å². The fourth-order valence-corrected chi connectivity index (χ4v) is 4.74. The van der Waals surface area contributed by atoms with Gasteiger partial charge in [0.25, 0.3) is 0 Å². The smallest absolute Gasteiger partial charge is 0.0900 e. The molecule has 1 aromatic carbocycles. The van der Waals surface area contributed by atoms with Crippen molar-refractivity contribution in [1.82, 2.24) is 14.8 Å². The summed E-state index contributed by atoms with van der Waals surface area (Å²) >= 11 is 0. The van der Waals surface area contributed by atoms with Gasteiger partial charge < -0.3 is 15.0 Å². The third-order valence-electron chi connectivity index (χ3n) is 6.17. The van der Waals surface area contributed by atoms with Gasteiger partial charge in [0.05, 0.1) is 11.1 Å². The molecule has 0 unspecified atom stereocenters. The molecule has 3 heterocycles. The van der Waals surface area contributed by atoms with Crippen LogP contribution in [0.2, 0.25) is 0 Å². The molecule has 0 spiro atoms. The first-order valence-corrected chi connectivity index (χ1v) is 9.78. The van der Waals surface area contributed by atoms with Crippen molar-refractivity contribution in [3.05, 3.63) is 35.0 Å². The Morgan fingerprint density at radius 3 is 2.64 bits per heavy atom. The van der Waals surface area contributed by atoms with Crippen molar-refractivity contribution in [1.29, 1.82) is 0 Å². The van der Waals surface area contributed by atoms with Crippen LogP contribution < -0.4 is 0 Å². The first kappa shape index (κ1) is 17.1. The van der Waals surface area contributed by atoms with Crippen LogP contribution in [0.1, 0.15) is 42.5 Å². The monoisotopic (exact) mass is 341 g/mol. The standard InChI is InChI=1S/C21H31N3O/c1-16-17(2)22-20-18(7-5-8-19(16)20)13-24-12-6-9-21(25,15-24)14-23-10-3-4-11-23/h5,7-8,22,25H,3-4,6,9-15H2,1-2H3/t21-/m0/s1. The molecule has 2 aliphatic heterocycles. The molecule has 2 fully saturated rings. The summed E-state index contributed by atoms with van der Waals surface area (Å²) in [6, 6.07) is 6.60. The lowest BCUT2D eigenvalue weighted by molar-refractivity contribution is -0.0518. The Kier molecular flexibility index (Phi) is 4.61. The highest BCUT2D eigenvalue weighted by atomic mass is 16.3. The van der Waals surface area contributed by atoms with Crippen molar-refractivity contribution in [2.75, 3.05) is 32.7 Å². The molecule has 4 heteroatoms.